The van der Waals surface area contributed by atoms with E-state index >= 15 is 0 Å². The van der Waals surface area contributed by atoms with E-state index in [1.807, 2.05) is 0 Å². The van der Waals surface area contributed by atoms with Crippen molar-refractivity contribution in [3.05, 3.63) is 64.4 Å². The number of rotatable bonds is 7. The lowest BCUT2D eigenvalue weighted by Crippen LogP contribution is -2.31. The van der Waals surface area contributed by atoms with E-state index in [1.165, 1.54) is 13.8 Å². The van der Waals surface area contributed by atoms with Crippen LogP contribution < -0.4 is 5.32 Å². The van der Waals surface area contributed by atoms with Crippen LogP contribution >= 0.6 is 0 Å². The van der Waals surface area contributed by atoms with Gasteiger partial charge >= 0.3 is 5.97 Å². The first kappa shape index (κ1) is 24.7. The summed E-state index contributed by atoms with van der Waals surface area (Å²) in [6.45, 7) is 2.66. The number of benzene rings is 2. The molecule has 0 fully saturated rings. The Morgan fingerprint density at radius 1 is 1.06 bits per heavy atom. The molecule has 11 heteroatoms. The van der Waals surface area contributed by atoms with Gasteiger partial charge in [-0.1, -0.05) is 6.92 Å². The first-order valence-corrected chi connectivity index (χ1v) is 10.1. The van der Waals surface area contributed by atoms with Gasteiger partial charge in [-0.2, -0.15) is 0 Å². The first-order chi connectivity index (χ1) is 15.9. The van der Waals surface area contributed by atoms with Gasteiger partial charge in [-0.15, -0.1) is 0 Å². The Hall–Kier alpha value is -3.89. The molecule has 1 atom stereocenters. The summed E-state index contributed by atoms with van der Waals surface area (Å²) in [5, 5.41) is 20.8. The van der Waals surface area contributed by atoms with Crippen LogP contribution in [0.4, 0.5) is 17.6 Å². The number of hydrogen-bond acceptors (Lipinski definition) is 4. The fourth-order valence-electron chi connectivity index (χ4n) is 3.56. The monoisotopic (exact) mass is 480 g/mol. The van der Waals surface area contributed by atoms with Crippen molar-refractivity contribution in [1.29, 1.82) is 0 Å². The number of nitrogens with one attached hydrogen (secondary N) is 1. The Labute approximate surface area is 190 Å². The standard InChI is InChI=1S/C23H20F4N2O5/c1-10(23(33)34)9-28-18(30)6-4-13-11(2)29(17-8-16(26)21(31)20(27)19(13)17)22(32)12-3-5-14(24)15(25)7-12/h3,5,7-8,10,31H,4,6,9H2,1-2H3,(H,28,30)(H,33,34)/t10-/m0/s1. The summed E-state index contributed by atoms with van der Waals surface area (Å²) in [7, 11) is 0. The molecule has 1 aromatic heterocycles. The molecule has 0 aliphatic heterocycles. The van der Waals surface area contributed by atoms with Gasteiger partial charge < -0.3 is 15.5 Å². The molecule has 1 heterocycles. The molecule has 0 saturated heterocycles. The molecule has 0 saturated carbocycles. The zero-order valence-electron chi connectivity index (χ0n) is 18.1. The predicted molar refractivity (Wildman–Crippen MR) is 112 cm³/mol. The van der Waals surface area contributed by atoms with Crippen molar-refractivity contribution in [3.8, 4) is 5.75 Å². The minimum Gasteiger partial charge on any atom is -0.503 e. The molecule has 3 rings (SSSR count). The summed E-state index contributed by atoms with van der Waals surface area (Å²) in [6.07, 6.45) is -0.376. The van der Waals surface area contributed by atoms with E-state index in [2.05, 4.69) is 5.32 Å². The van der Waals surface area contributed by atoms with Gasteiger partial charge in [0.15, 0.2) is 29.0 Å². The van der Waals surface area contributed by atoms with Gasteiger partial charge in [-0.05, 0) is 37.1 Å². The number of halogens is 4. The topological polar surface area (TPSA) is 109 Å². The van der Waals surface area contributed by atoms with E-state index in [0.29, 0.717) is 6.07 Å². The molecule has 0 aliphatic rings. The number of carbonyl (C=O) groups is 3. The average Bonchev–Trinajstić information content (AvgIpc) is 3.06. The molecule has 3 N–H and O–H groups in total. The highest BCUT2D eigenvalue weighted by Crippen LogP contribution is 2.35. The minimum absolute atomic E-state index is 0.0975. The Morgan fingerprint density at radius 3 is 2.35 bits per heavy atom. The molecule has 2 aromatic carbocycles. The highest BCUT2D eigenvalue weighted by atomic mass is 19.2. The van der Waals surface area contributed by atoms with Crippen LogP contribution in [-0.2, 0) is 16.0 Å². The molecule has 0 unspecified atom stereocenters. The molecule has 3 aromatic rings. The van der Waals surface area contributed by atoms with Crippen LogP contribution in [0, 0.1) is 36.1 Å². The van der Waals surface area contributed by atoms with Crippen molar-refractivity contribution < 1.29 is 42.2 Å². The Morgan fingerprint density at radius 2 is 1.74 bits per heavy atom. The van der Waals surface area contributed by atoms with Crippen molar-refractivity contribution >= 4 is 28.7 Å². The maximum atomic E-state index is 14.9. The minimum atomic E-state index is -1.34. The van der Waals surface area contributed by atoms with Gasteiger partial charge in [0.2, 0.25) is 5.91 Å². The van der Waals surface area contributed by atoms with Gasteiger partial charge in [0, 0.05) is 35.7 Å². The number of carboxylic acid groups (broad SMARTS) is 1. The number of hydrogen-bond donors (Lipinski definition) is 3. The molecule has 0 aliphatic carbocycles. The molecule has 0 radical (unpaired) electrons. The molecule has 7 nitrogen and oxygen atoms in total. The number of aromatic hydroxyl groups is 1. The number of nitrogens with zero attached hydrogens (tertiary/aromatic N) is 1. The zero-order chi connectivity index (χ0) is 25.3. The fourth-order valence-corrected chi connectivity index (χ4v) is 3.56. The van der Waals surface area contributed by atoms with Crippen molar-refractivity contribution in [2.45, 2.75) is 26.7 Å². The summed E-state index contributed by atoms with van der Waals surface area (Å²) >= 11 is 0. The van der Waals surface area contributed by atoms with E-state index in [4.69, 9.17) is 5.11 Å². The van der Waals surface area contributed by atoms with Gasteiger partial charge in [0.1, 0.15) is 0 Å². The van der Waals surface area contributed by atoms with Crippen LogP contribution in [0.5, 0.6) is 5.75 Å². The number of aliphatic carboxylic acids is 1. The number of phenolic OH excluding ortho intramolecular Hbond substituents is 1. The van der Waals surface area contributed by atoms with E-state index in [1.54, 1.807) is 0 Å². The number of aromatic nitrogens is 1. The van der Waals surface area contributed by atoms with E-state index in [9.17, 15) is 37.1 Å². The van der Waals surface area contributed by atoms with Crippen molar-refractivity contribution in [2.24, 2.45) is 5.92 Å². The first-order valence-electron chi connectivity index (χ1n) is 10.1. The van der Waals surface area contributed by atoms with Gasteiger partial charge in [0.05, 0.1) is 11.4 Å². The SMILES string of the molecule is Cc1c(CCC(=O)NC[C@H](C)C(=O)O)c2c(F)c(O)c(F)cc2n1C(=O)c1ccc(F)c(F)c1. The molecule has 0 spiro atoms. The summed E-state index contributed by atoms with van der Waals surface area (Å²) in [5.74, 6) is -9.82. The molecule has 180 valence electrons. The second-order valence-corrected chi connectivity index (χ2v) is 7.79. The highest BCUT2D eigenvalue weighted by molar-refractivity contribution is 6.04. The Kier molecular flexibility index (Phi) is 6.94. The van der Waals surface area contributed by atoms with Crippen LogP contribution in [-0.4, -0.2) is 39.1 Å². The summed E-state index contributed by atoms with van der Waals surface area (Å²) < 4.78 is 56.9. The van der Waals surface area contributed by atoms with Gasteiger partial charge in [0.25, 0.3) is 5.91 Å². The van der Waals surface area contributed by atoms with E-state index < -0.39 is 52.7 Å². The van der Waals surface area contributed by atoms with Crippen LogP contribution in [0.1, 0.15) is 35.0 Å². The lowest BCUT2D eigenvalue weighted by atomic mass is 10.0. The number of aryl methyl sites for hydroxylation is 1. The summed E-state index contributed by atoms with van der Waals surface area (Å²) in [5.41, 5.74) is -0.352. The van der Waals surface area contributed by atoms with Crippen molar-refractivity contribution in [1.82, 2.24) is 9.88 Å². The lowest BCUT2D eigenvalue weighted by molar-refractivity contribution is -0.141. The Bertz CT molecular complexity index is 1320. The smallest absolute Gasteiger partial charge is 0.308 e. The third-order valence-electron chi connectivity index (χ3n) is 5.49. The second kappa shape index (κ2) is 9.54. The molecular weight excluding hydrogens is 460 g/mol. The third-order valence-corrected chi connectivity index (χ3v) is 5.49. The third kappa shape index (κ3) is 4.59. The molecule has 1 amide bonds. The normalized spacial score (nSPS) is 12.1. The lowest BCUT2D eigenvalue weighted by Gasteiger charge is -2.09. The van der Waals surface area contributed by atoms with E-state index in [0.717, 1.165) is 22.8 Å². The van der Waals surface area contributed by atoms with Crippen LogP contribution in [0.15, 0.2) is 24.3 Å². The Balaban J connectivity index is 2.03. The van der Waals surface area contributed by atoms with E-state index in [-0.39, 0.29) is 47.1 Å². The molecular formula is C23H20F4N2O5. The predicted octanol–water partition coefficient (Wildman–Crippen LogP) is 3.67. The average molecular weight is 480 g/mol. The summed E-state index contributed by atoms with van der Waals surface area (Å²) in [6, 6.07) is 3.12. The maximum Gasteiger partial charge on any atom is 0.308 e. The second-order valence-electron chi connectivity index (χ2n) is 7.79. The van der Waals surface area contributed by atoms with Gasteiger partial charge in [-0.3, -0.25) is 19.0 Å². The maximum absolute atomic E-state index is 14.9. The molecule has 34 heavy (non-hydrogen) atoms. The van der Waals surface area contributed by atoms with Crippen LogP contribution in [0.3, 0.4) is 0 Å². The van der Waals surface area contributed by atoms with Crippen molar-refractivity contribution in [2.75, 3.05) is 6.54 Å². The fraction of sp³-hybridized carbons (Fsp3) is 0.261. The zero-order valence-corrected chi connectivity index (χ0v) is 18.1. The van der Waals surface area contributed by atoms with Gasteiger partial charge in [-0.25, -0.2) is 17.6 Å². The number of phenols is 1. The summed E-state index contributed by atoms with van der Waals surface area (Å²) in [4.78, 5) is 36.1. The number of fused-ring (bicyclic) bond motifs is 1. The largest absolute Gasteiger partial charge is 0.503 e. The van der Waals surface area contributed by atoms with Crippen molar-refractivity contribution in [3.63, 3.8) is 0 Å². The quantitative estimate of drug-likeness (QED) is 0.447. The highest BCUT2D eigenvalue weighted by Gasteiger charge is 2.26. The molecule has 0 bridgehead atoms. The number of carboxylic acids is 1. The number of amides is 1. The van der Waals surface area contributed by atoms with Crippen LogP contribution in [0.25, 0.3) is 10.9 Å². The number of carbonyl (C=O) groups excluding carboxylic acids is 2. The van der Waals surface area contributed by atoms with Crippen LogP contribution in [0.2, 0.25) is 0 Å².